The third-order valence-corrected chi connectivity index (χ3v) is 5.13. The molecule has 3 aromatic heterocycles. The highest BCUT2D eigenvalue weighted by atomic mass is 32.2. The van der Waals surface area contributed by atoms with Crippen LogP contribution >= 0.6 is 23.1 Å². The zero-order chi connectivity index (χ0) is 17.2. The predicted molar refractivity (Wildman–Crippen MR) is 94.4 cm³/mol. The van der Waals surface area contributed by atoms with Crippen molar-refractivity contribution >= 4 is 33.3 Å². The molecule has 0 N–H and O–H groups in total. The van der Waals surface area contributed by atoms with Gasteiger partial charge in [0.25, 0.3) is 5.22 Å². The van der Waals surface area contributed by atoms with E-state index in [0.717, 1.165) is 20.8 Å². The van der Waals surface area contributed by atoms with Crippen molar-refractivity contribution in [2.45, 2.75) is 10.2 Å². The number of hydrogen-bond donors (Lipinski definition) is 0. The van der Waals surface area contributed by atoms with E-state index in [4.69, 9.17) is 13.9 Å². The van der Waals surface area contributed by atoms with Crippen LogP contribution in [0.3, 0.4) is 0 Å². The largest absolute Gasteiger partial charge is 0.493 e. The number of thiophene rings is 1. The number of hydrogen-bond acceptors (Lipinski definition) is 9. The molecule has 3 heterocycles. The average molecular weight is 372 g/mol. The fourth-order valence-corrected chi connectivity index (χ4v) is 3.81. The van der Waals surface area contributed by atoms with Gasteiger partial charge >= 0.3 is 0 Å². The highest BCUT2D eigenvalue weighted by Crippen LogP contribution is 2.35. The van der Waals surface area contributed by atoms with Crippen LogP contribution in [0.4, 0.5) is 0 Å². The third kappa shape index (κ3) is 3.03. The molecule has 0 aliphatic rings. The van der Waals surface area contributed by atoms with Crippen LogP contribution in [0.1, 0.15) is 0 Å². The summed E-state index contributed by atoms with van der Waals surface area (Å²) in [4.78, 5) is 9.46. The van der Waals surface area contributed by atoms with Crippen molar-refractivity contribution in [2.24, 2.45) is 0 Å². The number of aromatic nitrogens is 4. The lowest BCUT2D eigenvalue weighted by atomic mass is 10.2. The first-order valence-corrected chi connectivity index (χ1v) is 8.90. The second-order valence-corrected chi connectivity index (χ2v) is 6.70. The number of fused-ring (bicyclic) bond motifs is 1. The molecular formula is C16H12N4O3S2. The van der Waals surface area contributed by atoms with E-state index in [1.165, 1.54) is 18.1 Å². The third-order valence-electron chi connectivity index (χ3n) is 3.45. The quantitative estimate of drug-likeness (QED) is 0.488. The molecular weight excluding hydrogens is 360 g/mol. The Hall–Kier alpha value is -2.65. The topological polar surface area (TPSA) is 83.2 Å². The first-order valence-electron chi connectivity index (χ1n) is 7.20. The number of nitrogens with zero attached hydrogens (tertiary/aromatic N) is 4. The van der Waals surface area contributed by atoms with Gasteiger partial charge in [0.05, 0.1) is 14.2 Å². The van der Waals surface area contributed by atoms with Crippen LogP contribution in [0, 0.1) is 0 Å². The van der Waals surface area contributed by atoms with Crippen LogP contribution in [0.15, 0.2) is 50.6 Å². The molecule has 4 rings (SSSR count). The van der Waals surface area contributed by atoms with Crippen LogP contribution in [0.2, 0.25) is 0 Å². The Morgan fingerprint density at radius 2 is 1.92 bits per heavy atom. The fourth-order valence-electron chi connectivity index (χ4n) is 2.27. The molecule has 126 valence electrons. The van der Waals surface area contributed by atoms with Gasteiger partial charge in [0, 0.05) is 10.9 Å². The molecule has 0 radical (unpaired) electrons. The molecule has 0 unspecified atom stereocenters. The molecule has 0 atom stereocenters. The molecule has 0 aliphatic heterocycles. The summed E-state index contributed by atoms with van der Waals surface area (Å²) in [6.45, 7) is 0. The van der Waals surface area contributed by atoms with Gasteiger partial charge in [0.1, 0.15) is 16.2 Å². The zero-order valence-corrected chi connectivity index (χ0v) is 14.9. The van der Waals surface area contributed by atoms with Crippen LogP contribution in [-0.4, -0.2) is 34.4 Å². The molecule has 9 heteroatoms. The summed E-state index contributed by atoms with van der Waals surface area (Å²) < 4.78 is 16.3. The summed E-state index contributed by atoms with van der Waals surface area (Å²) in [7, 11) is 3.17. The van der Waals surface area contributed by atoms with Crippen LogP contribution < -0.4 is 9.47 Å². The average Bonchev–Trinajstić information content (AvgIpc) is 3.31. The summed E-state index contributed by atoms with van der Waals surface area (Å²) in [5, 5.41) is 12.4. The number of rotatable bonds is 5. The molecule has 25 heavy (non-hydrogen) atoms. The fraction of sp³-hybridized carbons (Fsp3) is 0.125. The molecule has 0 aliphatic carbocycles. The van der Waals surface area contributed by atoms with Crippen molar-refractivity contribution in [3.8, 4) is 23.0 Å². The standard InChI is InChI=1S/C16H12N4O3S2/c1-21-11-4-3-9(7-12(11)22-2)13-19-20-16(23-13)25-15-10-5-6-24-14(10)17-8-18-15/h3-8H,1-2H3. The van der Waals surface area contributed by atoms with E-state index in [9.17, 15) is 0 Å². The van der Waals surface area contributed by atoms with E-state index in [1.807, 2.05) is 17.5 Å². The van der Waals surface area contributed by atoms with E-state index in [1.54, 1.807) is 37.7 Å². The summed E-state index contributed by atoms with van der Waals surface area (Å²) >= 11 is 2.88. The van der Waals surface area contributed by atoms with Gasteiger partial charge in [-0.25, -0.2) is 9.97 Å². The van der Waals surface area contributed by atoms with Crippen molar-refractivity contribution in [3.05, 3.63) is 36.0 Å². The Balaban J connectivity index is 1.63. The Labute approximate surface area is 151 Å². The Bertz CT molecular complexity index is 1030. The lowest BCUT2D eigenvalue weighted by molar-refractivity contribution is 0.355. The smallest absolute Gasteiger partial charge is 0.283 e. The van der Waals surface area contributed by atoms with Crippen molar-refractivity contribution in [1.82, 2.24) is 20.2 Å². The molecule has 0 bridgehead atoms. The lowest BCUT2D eigenvalue weighted by Gasteiger charge is -2.07. The minimum atomic E-state index is 0.402. The minimum absolute atomic E-state index is 0.402. The van der Waals surface area contributed by atoms with Gasteiger partial charge in [0.2, 0.25) is 5.89 Å². The molecule has 1 aromatic carbocycles. The zero-order valence-electron chi connectivity index (χ0n) is 13.3. The lowest BCUT2D eigenvalue weighted by Crippen LogP contribution is -1.90. The monoisotopic (exact) mass is 372 g/mol. The summed E-state index contributed by atoms with van der Waals surface area (Å²) in [5.74, 6) is 1.64. The second-order valence-electron chi connectivity index (χ2n) is 4.86. The van der Waals surface area contributed by atoms with Crippen molar-refractivity contribution in [1.29, 1.82) is 0 Å². The SMILES string of the molecule is COc1ccc(-c2nnc(Sc3ncnc4sccc34)o2)cc1OC. The van der Waals surface area contributed by atoms with Crippen LogP contribution in [0.25, 0.3) is 21.7 Å². The van der Waals surface area contributed by atoms with Gasteiger partial charge in [-0.15, -0.1) is 21.5 Å². The van der Waals surface area contributed by atoms with Crippen molar-refractivity contribution in [3.63, 3.8) is 0 Å². The van der Waals surface area contributed by atoms with E-state index in [2.05, 4.69) is 20.2 Å². The van der Waals surface area contributed by atoms with Gasteiger partial charge in [-0.1, -0.05) is 0 Å². The minimum Gasteiger partial charge on any atom is -0.493 e. The Morgan fingerprint density at radius 3 is 2.76 bits per heavy atom. The molecule has 0 spiro atoms. The van der Waals surface area contributed by atoms with Crippen LogP contribution in [-0.2, 0) is 0 Å². The molecule has 0 fully saturated rings. The Kier molecular flexibility index (Phi) is 4.24. The Morgan fingerprint density at radius 1 is 1.04 bits per heavy atom. The maximum atomic E-state index is 5.76. The maximum absolute atomic E-state index is 5.76. The van der Waals surface area contributed by atoms with Gasteiger partial charge in [-0.2, -0.15) is 0 Å². The molecule has 4 aromatic rings. The predicted octanol–water partition coefficient (Wildman–Crippen LogP) is 3.91. The van der Waals surface area contributed by atoms with Gasteiger partial charge in [0.15, 0.2) is 11.5 Å². The summed E-state index contributed by atoms with van der Waals surface area (Å²) in [6.07, 6.45) is 1.53. The van der Waals surface area contributed by atoms with Gasteiger partial charge in [-0.3, -0.25) is 0 Å². The summed E-state index contributed by atoms with van der Waals surface area (Å²) in [6, 6.07) is 7.41. The van der Waals surface area contributed by atoms with E-state index >= 15 is 0 Å². The van der Waals surface area contributed by atoms with E-state index in [-0.39, 0.29) is 0 Å². The second kappa shape index (κ2) is 6.69. The normalized spacial score (nSPS) is 11.0. The number of methoxy groups -OCH3 is 2. The highest BCUT2D eigenvalue weighted by Gasteiger charge is 2.15. The van der Waals surface area contributed by atoms with Crippen molar-refractivity contribution < 1.29 is 13.9 Å². The van der Waals surface area contributed by atoms with E-state index < -0.39 is 0 Å². The molecule has 0 saturated heterocycles. The highest BCUT2D eigenvalue weighted by molar-refractivity contribution is 7.99. The molecule has 0 amide bonds. The summed E-state index contributed by atoms with van der Waals surface area (Å²) in [5.41, 5.74) is 0.750. The first-order chi connectivity index (χ1) is 12.3. The van der Waals surface area contributed by atoms with Gasteiger partial charge < -0.3 is 13.9 Å². The number of ether oxygens (including phenoxy) is 2. The molecule has 0 saturated carbocycles. The number of benzene rings is 1. The first kappa shape index (κ1) is 15.9. The van der Waals surface area contributed by atoms with E-state index in [0.29, 0.717) is 22.6 Å². The van der Waals surface area contributed by atoms with Gasteiger partial charge in [-0.05, 0) is 41.4 Å². The van der Waals surface area contributed by atoms with Crippen molar-refractivity contribution in [2.75, 3.05) is 14.2 Å². The van der Waals surface area contributed by atoms with Crippen LogP contribution in [0.5, 0.6) is 11.5 Å². The molecule has 7 nitrogen and oxygen atoms in total. The maximum Gasteiger partial charge on any atom is 0.283 e.